The normalized spacial score (nSPS) is 19.7. The van der Waals surface area contributed by atoms with E-state index in [1.165, 1.54) is 4.90 Å². The molecule has 1 aliphatic rings. The molecule has 1 aromatic rings. The second-order valence-electron chi connectivity index (χ2n) is 5.66. The first-order chi connectivity index (χ1) is 9.70. The van der Waals surface area contributed by atoms with Crippen LogP contribution in [0.5, 0.6) is 0 Å². The van der Waals surface area contributed by atoms with E-state index in [4.69, 9.17) is 5.73 Å². The van der Waals surface area contributed by atoms with Crippen LogP contribution in [0.4, 0.5) is 18.9 Å². The van der Waals surface area contributed by atoms with Gasteiger partial charge in [0.1, 0.15) is 0 Å². The van der Waals surface area contributed by atoms with E-state index in [0.29, 0.717) is 24.2 Å². The van der Waals surface area contributed by atoms with Crippen molar-refractivity contribution in [3.05, 3.63) is 28.8 Å². The third-order valence-electron chi connectivity index (χ3n) is 4.01. The Hall–Kier alpha value is -1.72. The second kappa shape index (κ2) is 5.58. The van der Waals surface area contributed by atoms with Gasteiger partial charge >= 0.3 is 6.18 Å². The Labute approximate surface area is 121 Å². The average molecular weight is 300 g/mol. The Bertz CT molecular complexity index is 555. The molecule has 6 heteroatoms. The van der Waals surface area contributed by atoms with Gasteiger partial charge < -0.3 is 10.6 Å². The summed E-state index contributed by atoms with van der Waals surface area (Å²) < 4.78 is 38.5. The van der Waals surface area contributed by atoms with Crippen LogP contribution in [0.25, 0.3) is 0 Å². The third kappa shape index (κ3) is 3.31. The lowest BCUT2D eigenvalue weighted by atomic mass is 9.96. The lowest BCUT2D eigenvalue weighted by Gasteiger charge is -2.34. The Morgan fingerprint density at radius 3 is 2.57 bits per heavy atom. The lowest BCUT2D eigenvalue weighted by molar-refractivity contribution is -0.184. The molecule has 3 nitrogen and oxygen atoms in total. The van der Waals surface area contributed by atoms with Crippen molar-refractivity contribution in [2.75, 3.05) is 18.8 Å². The Balaban J connectivity index is 2.22. The smallest absolute Gasteiger partial charge is 0.393 e. The molecule has 0 aliphatic carbocycles. The standard InChI is InChI=1S/C15H19F3N2O/c1-9-6-10(2)13(19)7-12(9)14(21)20-5-3-4-11(8-20)15(16,17)18/h6-7,11H,3-5,8,19H2,1-2H3. The molecule has 1 aromatic carbocycles. The zero-order valence-electron chi connectivity index (χ0n) is 12.1. The van der Waals surface area contributed by atoms with Gasteiger partial charge in [0.05, 0.1) is 5.92 Å². The van der Waals surface area contributed by atoms with Gasteiger partial charge in [0.2, 0.25) is 0 Å². The van der Waals surface area contributed by atoms with Crippen molar-refractivity contribution in [3.8, 4) is 0 Å². The van der Waals surface area contributed by atoms with E-state index in [9.17, 15) is 18.0 Å². The highest BCUT2D eigenvalue weighted by molar-refractivity contribution is 5.96. The number of rotatable bonds is 1. The van der Waals surface area contributed by atoms with Crippen molar-refractivity contribution in [3.63, 3.8) is 0 Å². The highest BCUT2D eigenvalue weighted by Crippen LogP contribution is 2.33. The summed E-state index contributed by atoms with van der Waals surface area (Å²) in [5, 5.41) is 0. The zero-order valence-corrected chi connectivity index (χ0v) is 12.1. The summed E-state index contributed by atoms with van der Waals surface area (Å²) in [6.07, 6.45) is -3.79. The summed E-state index contributed by atoms with van der Waals surface area (Å²) in [4.78, 5) is 13.8. The van der Waals surface area contributed by atoms with Gasteiger partial charge in [-0.25, -0.2) is 0 Å². The van der Waals surface area contributed by atoms with E-state index in [1.54, 1.807) is 19.1 Å². The van der Waals surface area contributed by atoms with Crippen molar-refractivity contribution in [1.82, 2.24) is 4.90 Å². The van der Waals surface area contributed by atoms with Crippen molar-refractivity contribution in [1.29, 1.82) is 0 Å². The van der Waals surface area contributed by atoms with Crippen LogP contribution >= 0.6 is 0 Å². The topological polar surface area (TPSA) is 46.3 Å². The molecule has 0 saturated carbocycles. The van der Waals surface area contributed by atoms with Crippen LogP contribution < -0.4 is 5.73 Å². The lowest BCUT2D eigenvalue weighted by Crippen LogP contribution is -2.44. The van der Waals surface area contributed by atoms with E-state index >= 15 is 0 Å². The number of halogens is 3. The number of nitrogens with two attached hydrogens (primary N) is 1. The van der Waals surface area contributed by atoms with E-state index in [-0.39, 0.29) is 18.9 Å². The van der Waals surface area contributed by atoms with Gasteiger partial charge in [0, 0.05) is 24.3 Å². The van der Waals surface area contributed by atoms with Crippen LogP contribution in [0.15, 0.2) is 12.1 Å². The SMILES string of the molecule is Cc1cc(C)c(C(=O)N2CCCC(C(F)(F)F)C2)cc1N. The fraction of sp³-hybridized carbons (Fsp3) is 0.533. The molecule has 1 heterocycles. The van der Waals surface area contributed by atoms with Crippen molar-refractivity contribution in [2.45, 2.75) is 32.9 Å². The molecule has 1 fully saturated rings. The molecule has 1 atom stereocenters. The van der Waals surface area contributed by atoms with Crippen LogP contribution in [0.3, 0.4) is 0 Å². The number of nitrogens with zero attached hydrogens (tertiary/aromatic N) is 1. The summed E-state index contributed by atoms with van der Waals surface area (Å²) >= 11 is 0. The van der Waals surface area contributed by atoms with E-state index in [1.807, 2.05) is 6.92 Å². The number of amides is 1. The molecule has 2 rings (SSSR count). The maximum Gasteiger partial charge on any atom is 0.393 e. The highest BCUT2D eigenvalue weighted by atomic mass is 19.4. The van der Waals surface area contributed by atoms with Gasteiger partial charge in [0.15, 0.2) is 0 Å². The molecule has 1 unspecified atom stereocenters. The maximum atomic E-state index is 12.8. The molecule has 0 radical (unpaired) electrons. The molecule has 1 saturated heterocycles. The van der Waals surface area contributed by atoms with Gasteiger partial charge in [-0.2, -0.15) is 13.2 Å². The van der Waals surface area contributed by atoms with Crippen LogP contribution in [0, 0.1) is 19.8 Å². The summed E-state index contributed by atoms with van der Waals surface area (Å²) in [7, 11) is 0. The second-order valence-corrected chi connectivity index (χ2v) is 5.66. The third-order valence-corrected chi connectivity index (χ3v) is 4.01. The molecule has 2 N–H and O–H groups in total. The van der Waals surface area contributed by atoms with Crippen LogP contribution in [0.1, 0.15) is 34.3 Å². The summed E-state index contributed by atoms with van der Waals surface area (Å²) in [6.45, 7) is 3.69. The Morgan fingerprint density at radius 2 is 1.95 bits per heavy atom. The molecular weight excluding hydrogens is 281 g/mol. The number of hydrogen-bond acceptors (Lipinski definition) is 2. The molecule has 0 spiro atoms. The number of anilines is 1. The molecule has 0 aromatic heterocycles. The molecule has 1 aliphatic heterocycles. The summed E-state index contributed by atoms with van der Waals surface area (Å²) in [6, 6.07) is 3.35. The number of piperidine rings is 1. The number of aryl methyl sites for hydroxylation is 2. The van der Waals surface area contributed by atoms with E-state index in [2.05, 4.69) is 0 Å². The number of carbonyl (C=O) groups is 1. The highest BCUT2D eigenvalue weighted by Gasteiger charge is 2.42. The fourth-order valence-corrected chi connectivity index (χ4v) is 2.70. The van der Waals surface area contributed by atoms with Gasteiger partial charge in [-0.3, -0.25) is 4.79 Å². The van der Waals surface area contributed by atoms with Crippen LogP contribution in [-0.4, -0.2) is 30.1 Å². The first-order valence-electron chi connectivity index (χ1n) is 6.93. The number of carbonyl (C=O) groups excluding carboxylic acids is 1. The predicted octanol–water partition coefficient (Wildman–Crippen LogP) is 3.30. The van der Waals surface area contributed by atoms with Gasteiger partial charge in [-0.05, 0) is 43.9 Å². The van der Waals surface area contributed by atoms with Gasteiger partial charge in [-0.1, -0.05) is 6.07 Å². The molecule has 21 heavy (non-hydrogen) atoms. The van der Waals surface area contributed by atoms with Crippen molar-refractivity contribution in [2.24, 2.45) is 5.92 Å². The number of alkyl halides is 3. The van der Waals surface area contributed by atoms with Gasteiger partial charge in [0.25, 0.3) is 5.91 Å². The Morgan fingerprint density at radius 1 is 1.29 bits per heavy atom. The molecule has 0 bridgehead atoms. The minimum absolute atomic E-state index is 0.0856. The van der Waals surface area contributed by atoms with Crippen LogP contribution in [-0.2, 0) is 0 Å². The quantitative estimate of drug-likeness (QED) is 0.809. The van der Waals surface area contributed by atoms with Crippen molar-refractivity contribution >= 4 is 11.6 Å². The number of likely N-dealkylation sites (tertiary alicyclic amines) is 1. The van der Waals surface area contributed by atoms with E-state index in [0.717, 1.165) is 11.1 Å². The largest absolute Gasteiger partial charge is 0.398 e. The molecule has 116 valence electrons. The zero-order chi connectivity index (χ0) is 15.8. The van der Waals surface area contributed by atoms with Crippen LogP contribution in [0.2, 0.25) is 0 Å². The monoisotopic (exact) mass is 300 g/mol. The number of nitrogen functional groups attached to an aromatic ring is 1. The first kappa shape index (κ1) is 15.7. The minimum atomic E-state index is -4.25. The maximum absolute atomic E-state index is 12.8. The minimum Gasteiger partial charge on any atom is -0.398 e. The van der Waals surface area contributed by atoms with Gasteiger partial charge in [-0.15, -0.1) is 0 Å². The van der Waals surface area contributed by atoms with E-state index < -0.39 is 12.1 Å². The molecular formula is C15H19F3N2O. The first-order valence-corrected chi connectivity index (χ1v) is 6.93. The number of benzene rings is 1. The summed E-state index contributed by atoms with van der Waals surface area (Å²) in [5.41, 5.74) is 8.27. The predicted molar refractivity (Wildman–Crippen MR) is 75.0 cm³/mol. The number of hydrogen-bond donors (Lipinski definition) is 1. The fourth-order valence-electron chi connectivity index (χ4n) is 2.70. The summed E-state index contributed by atoms with van der Waals surface area (Å²) in [5.74, 6) is -1.80. The average Bonchev–Trinajstić information content (AvgIpc) is 2.41. The Kier molecular flexibility index (Phi) is 4.16. The van der Waals surface area contributed by atoms with Crippen molar-refractivity contribution < 1.29 is 18.0 Å². The molecule has 1 amide bonds.